The number of hydrogen-bond acceptors (Lipinski definition) is 4. The molecule has 0 aliphatic carbocycles. The van der Waals surface area contributed by atoms with Gasteiger partial charge in [0.25, 0.3) is 11.8 Å². The van der Waals surface area contributed by atoms with Gasteiger partial charge >= 0.3 is 0 Å². The number of anilines is 2. The number of para-hydroxylation sites is 1. The number of carbonyl (C=O) groups is 2. The SMILES string of the molecule is Cc1ccc(NC(=O)/C=N\OCC(=O)N2c3ccccc3C[C@H]2C)cc1. The fraction of sp³-hybridized carbons (Fsp3) is 0.250. The summed E-state index contributed by atoms with van der Waals surface area (Å²) in [6, 6.07) is 15.3. The van der Waals surface area contributed by atoms with Crippen LogP contribution in [0.15, 0.2) is 53.7 Å². The summed E-state index contributed by atoms with van der Waals surface area (Å²) in [5.41, 5.74) is 3.84. The van der Waals surface area contributed by atoms with Crippen LogP contribution >= 0.6 is 0 Å². The van der Waals surface area contributed by atoms with E-state index in [4.69, 9.17) is 4.84 Å². The van der Waals surface area contributed by atoms with Gasteiger partial charge in [0.05, 0.1) is 0 Å². The van der Waals surface area contributed by atoms with Gasteiger partial charge in [0.1, 0.15) is 6.21 Å². The molecule has 1 heterocycles. The summed E-state index contributed by atoms with van der Waals surface area (Å²) < 4.78 is 0. The minimum absolute atomic E-state index is 0.0808. The second-order valence-corrected chi connectivity index (χ2v) is 6.31. The van der Waals surface area contributed by atoms with E-state index in [0.717, 1.165) is 29.4 Å². The van der Waals surface area contributed by atoms with Crippen molar-refractivity contribution < 1.29 is 14.4 Å². The molecule has 0 bridgehead atoms. The molecular weight excluding hydrogens is 330 g/mol. The molecule has 0 spiro atoms. The van der Waals surface area contributed by atoms with Gasteiger partial charge in [0.2, 0.25) is 0 Å². The van der Waals surface area contributed by atoms with Crippen molar-refractivity contribution in [1.29, 1.82) is 0 Å². The predicted octanol–water partition coefficient (Wildman–Crippen LogP) is 2.91. The molecule has 2 amide bonds. The monoisotopic (exact) mass is 351 g/mol. The number of aryl methyl sites for hydroxylation is 1. The van der Waals surface area contributed by atoms with Crippen molar-refractivity contribution in [2.24, 2.45) is 5.16 Å². The van der Waals surface area contributed by atoms with E-state index in [1.54, 1.807) is 17.0 Å². The molecule has 0 saturated heterocycles. The first kappa shape index (κ1) is 17.7. The van der Waals surface area contributed by atoms with Gasteiger partial charge in [-0.25, -0.2) is 0 Å². The number of benzene rings is 2. The number of amides is 2. The molecule has 1 aliphatic rings. The van der Waals surface area contributed by atoms with E-state index in [1.807, 2.05) is 50.2 Å². The third kappa shape index (κ3) is 4.08. The smallest absolute Gasteiger partial charge is 0.270 e. The van der Waals surface area contributed by atoms with E-state index in [1.165, 1.54) is 0 Å². The summed E-state index contributed by atoms with van der Waals surface area (Å²) in [5, 5.41) is 6.26. The number of hydrogen-bond donors (Lipinski definition) is 1. The molecule has 1 N–H and O–H groups in total. The van der Waals surface area contributed by atoms with E-state index < -0.39 is 5.91 Å². The summed E-state index contributed by atoms with van der Waals surface area (Å²) >= 11 is 0. The zero-order valence-electron chi connectivity index (χ0n) is 14.8. The Bertz CT molecular complexity index is 830. The topological polar surface area (TPSA) is 71.0 Å². The molecule has 0 fully saturated rings. The lowest BCUT2D eigenvalue weighted by Crippen LogP contribution is -2.38. The third-order valence-corrected chi connectivity index (χ3v) is 4.23. The summed E-state index contributed by atoms with van der Waals surface area (Å²) in [5.74, 6) is -0.597. The zero-order valence-corrected chi connectivity index (χ0v) is 14.8. The fourth-order valence-corrected chi connectivity index (χ4v) is 3.00. The van der Waals surface area contributed by atoms with Gasteiger partial charge in [-0.3, -0.25) is 9.59 Å². The van der Waals surface area contributed by atoms with E-state index in [0.29, 0.717) is 5.69 Å². The highest BCUT2D eigenvalue weighted by Crippen LogP contribution is 2.31. The first-order chi connectivity index (χ1) is 12.5. The lowest BCUT2D eigenvalue weighted by molar-refractivity contribution is -0.123. The van der Waals surface area contributed by atoms with Gasteiger partial charge in [0.15, 0.2) is 6.61 Å². The highest BCUT2D eigenvalue weighted by Gasteiger charge is 2.30. The molecule has 6 nitrogen and oxygen atoms in total. The van der Waals surface area contributed by atoms with Gasteiger partial charge in [-0.2, -0.15) is 0 Å². The van der Waals surface area contributed by atoms with E-state index in [2.05, 4.69) is 10.5 Å². The number of nitrogens with zero attached hydrogens (tertiary/aromatic N) is 2. The van der Waals surface area contributed by atoms with Crippen molar-refractivity contribution in [1.82, 2.24) is 0 Å². The van der Waals surface area contributed by atoms with Gasteiger partial charge in [-0.05, 0) is 44.0 Å². The molecule has 0 unspecified atom stereocenters. The van der Waals surface area contributed by atoms with Crippen LogP contribution in [0, 0.1) is 6.92 Å². The third-order valence-electron chi connectivity index (χ3n) is 4.23. The number of carbonyl (C=O) groups excluding carboxylic acids is 2. The Balaban J connectivity index is 1.50. The first-order valence-corrected chi connectivity index (χ1v) is 8.47. The number of fused-ring (bicyclic) bond motifs is 1. The molecule has 0 radical (unpaired) electrons. The minimum atomic E-state index is -0.416. The number of rotatable bonds is 5. The second-order valence-electron chi connectivity index (χ2n) is 6.31. The summed E-state index contributed by atoms with van der Waals surface area (Å²) in [6.45, 7) is 3.75. The molecule has 0 aromatic heterocycles. The van der Waals surface area contributed by atoms with Gasteiger partial charge in [0, 0.05) is 17.4 Å². The van der Waals surface area contributed by atoms with E-state index in [9.17, 15) is 9.59 Å². The molecule has 0 saturated carbocycles. The van der Waals surface area contributed by atoms with Gasteiger partial charge in [-0.1, -0.05) is 41.1 Å². The second kappa shape index (κ2) is 7.82. The van der Waals surface area contributed by atoms with Crippen LogP contribution in [0.3, 0.4) is 0 Å². The normalized spacial score (nSPS) is 15.8. The lowest BCUT2D eigenvalue weighted by Gasteiger charge is -2.21. The molecule has 2 aromatic carbocycles. The average molecular weight is 351 g/mol. The van der Waals surface area contributed by atoms with Crippen LogP contribution in [0.2, 0.25) is 0 Å². The van der Waals surface area contributed by atoms with Gasteiger partial charge < -0.3 is 15.1 Å². The van der Waals surface area contributed by atoms with Crippen LogP contribution < -0.4 is 10.2 Å². The maximum Gasteiger partial charge on any atom is 0.270 e. The molecule has 1 atom stereocenters. The molecule has 134 valence electrons. The number of oxime groups is 1. The molecule has 3 rings (SSSR count). The van der Waals surface area contributed by atoms with Crippen molar-refractivity contribution in [3.8, 4) is 0 Å². The highest BCUT2D eigenvalue weighted by atomic mass is 16.6. The predicted molar refractivity (Wildman–Crippen MR) is 101 cm³/mol. The Morgan fingerprint density at radius 1 is 1.23 bits per heavy atom. The van der Waals surface area contributed by atoms with Crippen molar-refractivity contribution in [2.75, 3.05) is 16.8 Å². The lowest BCUT2D eigenvalue weighted by atomic mass is 10.1. The van der Waals surface area contributed by atoms with Crippen molar-refractivity contribution in [3.05, 3.63) is 59.7 Å². The summed E-state index contributed by atoms with van der Waals surface area (Å²) in [4.78, 5) is 30.9. The van der Waals surface area contributed by atoms with E-state index in [-0.39, 0.29) is 18.6 Å². The average Bonchev–Trinajstić information content (AvgIpc) is 2.96. The van der Waals surface area contributed by atoms with Crippen LogP contribution in [0.1, 0.15) is 18.1 Å². The summed E-state index contributed by atoms with van der Waals surface area (Å²) in [7, 11) is 0. The van der Waals surface area contributed by atoms with Crippen LogP contribution in [0.4, 0.5) is 11.4 Å². The first-order valence-electron chi connectivity index (χ1n) is 8.47. The Morgan fingerprint density at radius 2 is 1.96 bits per heavy atom. The maximum absolute atomic E-state index is 12.4. The zero-order chi connectivity index (χ0) is 18.5. The van der Waals surface area contributed by atoms with Crippen LogP contribution in [0.25, 0.3) is 0 Å². The standard InChI is InChI=1S/C20H21N3O3/c1-14-7-9-17(10-8-14)22-19(24)12-21-26-13-20(25)23-15(2)11-16-5-3-4-6-18(16)23/h3-10,12,15H,11,13H2,1-2H3,(H,22,24)/b21-12-/t15-/m1/s1. The van der Waals surface area contributed by atoms with Crippen LogP contribution in [-0.4, -0.2) is 30.7 Å². The molecule has 1 aliphatic heterocycles. The largest absolute Gasteiger partial charge is 0.385 e. The Labute approximate surface area is 152 Å². The van der Waals surface area contributed by atoms with Crippen molar-refractivity contribution in [2.45, 2.75) is 26.3 Å². The van der Waals surface area contributed by atoms with E-state index >= 15 is 0 Å². The maximum atomic E-state index is 12.4. The molecular formula is C20H21N3O3. The Morgan fingerprint density at radius 3 is 2.73 bits per heavy atom. The van der Waals surface area contributed by atoms with Crippen molar-refractivity contribution >= 4 is 29.4 Å². The summed E-state index contributed by atoms with van der Waals surface area (Å²) in [6.07, 6.45) is 1.85. The Kier molecular flexibility index (Phi) is 5.31. The van der Waals surface area contributed by atoms with Crippen molar-refractivity contribution in [3.63, 3.8) is 0 Å². The quantitative estimate of drug-likeness (QED) is 0.665. The fourth-order valence-electron chi connectivity index (χ4n) is 3.00. The number of nitrogens with one attached hydrogen (secondary N) is 1. The van der Waals surface area contributed by atoms with Crippen LogP contribution in [0.5, 0.6) is 0 Å². The molecule has 2 aromatic rings. The minimum Gasteiger partial charge on any atom is -0.385 e. The molecule has 6 heteroatoms. The van der Waals surface area contributed by atoms with Crippen LogP contribution in [-0.2, 0) is 20.8 Å². The highest BCUT2D eigenvalue weighted by molar-refractivity contribution is 6.31. The molecule has 26 heavy (non-hydrogen) atoms. The van der Waals surface area contributed by atoms with Gasteiger partial charge in [-0.15, -0.1) is 0 Å². The Hall–Kier alpha value is -3.15.